The Kier molecular flexibility index (Phi) is 5.08. The quantitative estimate of drug-likeness (QED) is 0.784. The van der Waals surface area contributed by atoms with E-state index in [1.165, 1.54) is 4.90 Å². The summed E-state index contributed by atoms with van der Waals surface area (Å²) in [5.41, 5.74) is -0.699. The first-order valence-corrected chi connectivity index (χ1v) is 9.00. The Morgan fingerprint density at radius 2 is 1.88 bits per heavy atom. The molecular formula is C17H27N3O4. The first-order chi connectivity index (χ1) is 11.6. The van der Waals surface area contributed by atoms with E-state index in [0.29, 0.717) is 25.9 Å². The first kappa shape index (κ1) is 17.2. The summed E-state index contributed by atoms with van der Waals surface area (Å²) in [5, 5.41) is 2.88. The van der Waals surface area contributed by atoms with Crippen molar-refractivity contribution < 1.29 is 19.1 Å². The van der Waals surface area contributed by atoms with Crippen LogP contribution < -0.4 is 5.32 Å². The third-order valence-corrected chi connectivity index (χ3v) is 5.63. The van der Waals surface area contributed by atoms with Gasteiger partial charge in [0.2, 0.25) is 5.91 Å². The molecule has 0 aromatic heterocycles. The first-order valence-electron chi connectivity index (χ1n) is 9.00. The number of rotatable bonds is 4. The van der Waals surface area contributed by atoms with E-state index in [1.54, 1.807) is 7.11 Å². The summed E-state index contributed by atoms with van der Waals surface area (Å²) in [5.74, 6) is -0.132. The van der Waals surface area contributed by atoms with Gasteiger partial charge in [-0.3, -0.25) is 14.5 Å². The summed E-state index contributed by atoms with van der Waals surface area (Å²) >= 11 is 0. The van der Waals surface area contributed by atoms with Gasteiger partial charge in [0.15, 0.2) is 0 Å². The Bertz CT molecular complexity index is 508. The highest BCUT2D eigenvalue weighted by atomic mass is 16.5. The molecule has 4 amide bonds. The fourth-order valence-corrected chi connectivity index (χ4v) is 4.08. The van der Waals surface area contributed by atoms with Crippen molar-refractivity contribution in [1.29, 1.82) is 0 Å². The molecule has 2 heterocycles. The van der Waals surface area contributed by atoms with Gasteiger partial charge in [-0.25, -0.2) is 4.79 Å². The molecule has 7 nitrogen and oxygen atoms in total. The van der Waals surface area contributed by atoms with Crippen molar-refractivity contribution in [1.82, 2.24) is 15.1 Å². The summed E-state index contributed by atoms with van der Waals surface area (Å²) in [6.45, 7) is 1.54. The maximum absolute atomic E-state index is 12.7. The molecule has 3 aliphatic rings. The van der Waals surface area contributed by atoms with Crippen LogP contribution in [0.4, 0.5) is 4.79 Å². The highest BCUT2D eigenvalue weighted by Gasteiger charge is 2.51. The zero-order valence-electron chi connectivity index (χ0n) is 14.4. The molecule has 3 fully saturated rings. The number of nitrogens with one attached hydrogen (secondary N) is 1. The lowest BCUT2D eigenvalue weighted by Crippen LogP contribution is -2.48. The van der Waals surface area contributed by atoms with Crippen molar-refractivity contribution in [2.75, 3.05) is 26.7 Å². The highest BCUT2D eigenvalue weighted by molar-refractivity contribution is 6.07. The van der Waals surface area contributed by atoms with Crippen LogP contribution in [0.3, 0.4) is 0 Å². The summed E-state index contributed by atoms with van der Waals surface area (Å²) in [7, 11) is 1.70. The lowest BCUT2D eigenvalue weighted by molar-refractivity contribution is -0.135. The van der Waals surface area contributed by atoms with E-state index in [-0.39, 0.29) is 36.9 Å². The lowest BCUT2D eigenvalue weighted by atomic mass is 9.82. The molecule has 24 heavy (non-hydrogen) atoms. The summed E-state index contributed by atoms with van der Waals surface area (Å²) in [6, 6.07) is -0.340. The van der Waals surface area contributed by atoms with Crippen molar-refractivity contribution in [3.63, 3.8) is 0 Å². The van der Waals surface area contributed by atoms with E-state index in [9.17, 15) is 14.4 Å². The average Bonchev–Trinajstić information content (AvgIpc) is 2.83. The van der Waals surface area contributed by atoms with Crippen LogP contribution in [0.25, 0.3) is 0 Å². The van der Waals surface area contributed by atoms with Gasteiger partial charge in [0.05, 0.1) is 6.10 Å². The number of amides is 4. The van der Waals surface area contributed by atoms with Crippen LogP contribution in [0.5, 0.6) is 0 Å². The molecule has 7 heteroatoms. The van der Waals surface area contributed by atoms with Crippen molar-refractivity contribution in [3.05, 3.63) is 0 Å². The number of likely N-dealkylation sites (tertiary alicyclic amines) is 1. The van der Waals surface area contributed by atoms with Gasteiger partial charge in [-0.05, 0) is 25.7 Å². The normalized spacial score (nSPS) is 24.5. The van der Waals surface area contributed by atoms with Gasteiger partial charge >= 0.3 is 6.03 Å². The molecular weight excluding hydrogens is 310 g/mol. The van der Waals surface area contributed by atoms with Crippen LogP contribution in [-0.4, -0.2) is 66.0 Å². The Morgan fingerprint density at radius 1 is 1.21 bits per heavy atom. The van der Waals surface area contributed by atoms with Gasteiger partial charge in [-0.1, -0.05) is 19.3 Å². The van der Waals surface area contributed by atoms with Crippen LogP contribution in [-0.2, 0) is 14.3 Å². The number of carbonyl (C=O) groups is 3. The molecule has 2 saturated heterocycles. The number of carbonyl (C=O) groups excluding carboxylic acids is 3. The maximum atomic E-state index is 12.7. The Morgan fingerprint density at radius 3 is 2.50 bits per heavy atom. The number of hydrogen-bond acceptors (Lipinski definition) is 4. The fraction of sp³-hybridized carbons (Fsp3) is 0.824. The summed E-state index contributed by atoms with van der Waals surface area (Å²) in [4.78, 5) is 40.2. The predicted octanol–water partition coefficient (Wildman–Crippen LogP) is 1.27. The number of methoxy groups -OCH3 is 1. The fourth-order valence-electron chi connectivity index (χ4n) is 4.08. The average molecular weight is 337 g/mol. The van der Waals surface area contributed by atoms with E-state index in [4.69, 9.17) is 4.74 Å². The zero-order chi connectivity index (χ0) is 17.2. The minimum absolute atomic E-state index is 0.00903. The number of ether oxygens (including phenoxy) is 1. The van der Waals surface area contributed by atoms with Crippen molar-refractivity contribution in [2.45, 2.75) is 63.0 Å². The van der Waals surface area contributed by atoms with Crippen molar-refractivity contribution in [3.8, 4) is 0 Å². The van der Waals surface area contributed by atoms with Crippen LogP contribution in [0.2, 0.25) is 0 Å². The zero-order valence-corrected chi connectivity index (χ0v) is 14.4. The van der Waals surface area contributed by atoms with Gasteiger partial charge in [0, 0.05) is 33.2 Å². The smallest absolute Gasteiger partial charge is 0.325 e. The molecule has 1 N–H and O–H groups in total. The molecule has 1 saturated carbocycles. The van der Waals surface area contributed by atoms with E-state index < -0.39 is 5.54 Å². The van der Waals surface area contributed by atoms with Gasteiger partial charge < -0.3 is 15.0 Å². The highest BCUT2D eigenvalue weighted by Crippen LogP contribution is 2.33. The molecule has 0 bridgehead atoms. The Labute approximate surface area is 142 Å². The largest absolute Gasteiger partial charge is 0.381 e. The number of urea groups is 1. The van der Waals surface area contributed by atoms with Gasteiger partial charge in [0.25, 0.3) is 5.91 Å². The maximum Gasteiger partial charge on any atom is 0.325 e. The van der Waals surface area contributed by atoms with Crippen LogP contribution in [0, 0.1) is 0 Å². The third kappa shape index (κ3) is 3.27. The molecule has 0 radical (unpaired) electrons. The number of imide groups is 1. The van der Waals surface area contributed by atoms with Crippen molar-refractivity contribution in [2.24, 2.45) is 0 Å². The number of nitrogens with zero attached hydrogens (tertiary/aromatic N) is 2. The molecule has 0 aromatic rings. The second kappa shape index (κ2) is 7.09. The van der Waals surface area contributed by atoms with E-state index in [1.807, 2.05) is 4.90 Å². The minimum Gasteiger partial charge on any atom is -0.381 e. The third-order valence-electron chi connectivity index (χ3n) is 5.63. The molecule has 0 unspecified atom stereocenters. The summed E-state index contributed by atoms with van der Waals surface area (Å²) < 4.78 is 5.31. The van der Waals surface area contributed by atoms with Gasteiger partial charge in [0.1, 0.15) is 5.54 Å². The SMILES string of the molecule is COC1CCN(C(=O)CCN2C(=O)NC3(CCCCC3)C2=O)CC1. The van der Waals surface area contributed by atoms with Crippen molar-refractivity contribution >= 4 is 17.8 Å². The number of hydrogen-bond donors (Lipinski definition) is 1. The Hall–Kier alpha value is -1.63. The van der Waals surface area contributed by atoms with E-state index in [2.05, 4.69) is 5.32 Å². The molecule has 0 aromatic carbocycles. The molecule has 3 rings (SSSR count). The van der Waals surface area contributed by atoms with Gasteiger partial charge in [-0.15, -0.1) is 0 Å². The second-order valence-corrected chi connectivity index (χ2v) is 7.10. The topological polar surface area (TPSA) is 79.0 Å². The van der Waals surface area contributed by atoms with Crippen LogP contribution in [0.1, 0.15) is 51.4 Å². The second-order valence-electron chi connectivity index (χ2n) is 7.10. The van der Waals surface area contributed by atoms with Gasteiger partial charge in [-0.2, -0.15) is 0 Å². The lowest BCUT2D eigenvalue weighted by Gasteiger charge is -2.32. The van der Waals surface area contributed by atoms with Crippen LogP contribution in [0.15, 0.2) is 0 Å². The van der Waals surface area contributed by atoms with E-state index >= 15 is 0 Å². The van der Waals surface area contributed by atoms with Crippen LogP contribution >= 0.6 is 0 Å². The van der Waals surface area contributed by atoms with E-state index in [0.717, 1.165) is 32.1 Å². The molecule has 0 atom stereocenters. The predicted molar refractivity (Wildman–Crippen MR) is 87.3 cm³/mol. The molecule has 1 spiro atoms. The monoisotopic (exact) mass is 337 g/mol. The Balaban J connectivity index is 1.52. The number of piperidine rings is 1. The molecule has 2 aliphatic heterocycles. The standard InChI is InChI=1S/C17H27N3O4/c1-24-13-5-10-19(11-6-13)14(21)7-12-20-15(22)17(18-16(20)23)8-3-2-4-9-17/h13H,2-12H2,1H3,(H,18,23). The molecule has 134 valence electrons. The molecule has 1 aliphatic carbocycles. The minimum atomic E-state index is -0.699. The summed E-state index contributed by atoms with van der Waals surface area (Å²) in [6.07, 6.45) is 6.59.